The summed E-state index contributed by atoms with van der Waals surface area (Å²) >= 11 is -0.432. The van der Waals surface area contributed by atoms with Crippen molar-refractivity contribution in [1.82, 2.24) is 3.53 Å². The van der Waals surface area contributed by atoms with E-state index < -0.39 is 11.7 Å². The molecular weight excluding hydrogens is 622 g/mol. The van der Waals surface area contributed by atoms with Crippen molar-refractivity contribution in [3.8, 4) is 0 Å². The van der Waals surface area contributed by atoms with Crippen LogP contribution in [-0.2, 0) is 15.9 Å². The van der Waals surface area contributed by atoms with E-state index in [9.17, 15) is 9.59 Å². The van der Waals surface area contributed by atoms with Gasteiger partial charge in [-0.25, -0.2) is 0 Å². The third kappa shape index (κ3) is 5.87. The molecule has 0 unspecified atom stereocenters. The molecule has 0 radical (unpaired) electrons. The Morgan fingerprint density at radius 2 is 2.06 bits per heavy atom. The molecule has 0 spiro atoms. The number of amides is 2. The Morgan fingerprint density at radius 1 is 1.29 bits per heavy atom. The van der Waals surface area contributed by atoms with Crippen molar-refractivity contribution in [3.05, 3.63) is 34.4 Å². The molecule has 31 heavy (non-hydrogen) atoms. The molecule has 0 atom stereocenters. The third-order valence-electron chi connectivity index (χ3n) is 5.65. The van der Waals surface area contributed by atoms with Crippen molar-refractivity contribution in [2.45, 2.75) is 58.5 Å². The fourth-order valence-electron chi connectivity index (χ4n) is 4.30. The van der Waals surface area contributed by atoms with Gasteiger partial charge >= 0.3 is 201 Å². The quantitative estimate of drug-likeness (QED) is 0.388. The number of benzene rings is 1. The van der Waals surface area contributed by atoms with Crippen LogP contribution >= 0.6 is 16.8 Å². The third-order valence-corrected chi connectivity index (χ3v) is 12.0. The minimum atomic E-state index is -0.572. The zero-order valence-corrected chi connectivity index (χ0v) is 22.5. The fraction of sp³-hybridized carbons (Fsp3) is 0.522. The molecule has 0 aromatic heterocycles. The molecule has 1 saturated heterocycles. The average Bonchev–Trinajstić information content (AvgIpc) is 2.69. The molecule has 8 heteroatoms. The van der Waals surface area contributed by atoms with Gasteiger partial charge in [-0.1, -0.05) is 0 Å². The van der Waals surface area contributed by atoms with Crippen LogP contribution in [0.3, 0.4) is 0 Å². The summed E-state index contributed by atoms with van der Waals surface area (Å²) in [6.45, 7) is 7.23. The van der Waals surface area contributed by atoms with Crippen LogP contribution in [0.15, 0.2) is 17.7 Å². The Balaban J connectivity index is 1.69. The molecule has 1 aromatic carbocycles. The Labute approximate surface area is 200 Å². The molecule has 2 amide bonds. The van der Waals surface area contributed by atoms with E-state index in [1.807, 2.05) is 32.9 Å². The van der Waals surface area contributed by atoms with Gasteiger partial charge in [-0.3, -0.25) is 0 Å². The summed E-state index contributed by atoms with van der Waals surface area (Å²) in [5.41, 5.74) is 5.79. The van der Waals surface area contributed by atoms with Crippen LogP contribution in [0.4, 0.5) is 10.5 Å². The topological polar surface area (TPSA) is 76.7 Å². The van der Waals surface area contributed by atoms with Crippen LogP contribution in [0.1, 0.15) is 67.9 Å². The molecule has 4 rings (SSSR count). The Hall–Kier alpha value is -1.01. The minimum absolute atomic E-state index is 0.00509. The molecule has 2 N–H and O–H groups in total. The van der Waals surface area contributed by atoms with E-state index in [2.05, 4.69) is 12.9 Å². The van der Waals surface area contributed by atoms with Gasteiger partial charge in [-0.15, -0.1) is 0 Å². The van der Waals surface area contributed by atoms with Gasteiger partial charge in [0.15, 0.2) is 0 Å². The maximum atomic E-state index is 13.0. The SMILES string of the molecule is CC(C)(C)OC(=O)Nc1cc2c3c(c1)C(=O)N[I-]I=CC3=C(CC1CCOCC1)CC2. The van der Waals surface area contributed by atoms with Gasteiger partial charge in [0.05, 0.1) is 0 Å². The van der Waals surface area contributed by atoms with Crippen molar-refractivity contribution in [3.63, 3.8) is 0 Å². The number of ether oxygens (including phenoxy) is 2. The Morgan fingerprint density at radius 3 is 2.81 bits per heavy atom. The standard InChI is InChI=1S/C23H29I2N2O4/c1-23(2,3)31-22(29)26-17-11-16-5-4-15(10-14-6-8-30-9-7-14)19-13-24-25-27-21(28)18(12-17)20(16)19/h11-14H,4-10H2,1-3H3,(H,26,29)(H,27,28)/q-1. The maximum absolute atomic E-state index is 13.0. The molecule has 6 nitrogen and oxygen atoms in total. The Kier molecular flexibility index (Phi) is 7.37. The van der Waals surface area contributed by atoms with Crippen molar-refractivity contribution in [1.29, 1.82) is 0 Å². The first kappa shape index (κ1) is 23.2. The molecule has 1 aromatic rings. The van der Waals surface area contributed by atoms with Gasteiger partial charge in [0.2, 0.25) is 0 Å². The summed E-state index contributed by atoms with van der Waals surface area (Å²) in [4.78, 5) is 25.3. The molecule has 1 aliphatic carbocycles. The number of rotatable bonds is 3. The van der Waals surface area contributed by atoms with E-state index >= 15 is 0 Å². The summed E-state index contributed by atoms with van der Waals surface area (Å²) in [7, 11) is 0. The van der Waals surface area contributed by atoms with Gasteiger partial charge in [0, 0.05) is 0 Å². The van der Waals surface area contributed by atoms with E-state index in [1.54, 1.807) is 0 Å². The second-order valence-electron chi connectivity index (χ2n) is 9.15. The number of anilines is 1. The molecule has 0 saturated carbocycles. The first-order chi connectivity index (χ1) is 14.8. The predicted octanol–water partition coefficient (Wildman–Crippen LogP) is 1.99. The summed E-state index contributed by atoms with van der Waals surface area (Å²) in [5.74, 6) is 0.671. The normalized spacial score (nSPS) is 19.8. The summed E-state index contributed by atoms with van der Waals surface area (Å²) < 4.78 is 16.5. The molecule has 2 heterocycles. The van der Waals surface area contributed by atoms with E-state index in [4.69, 9.17) is 9.47 Å². The van der Waals surface area contributed by atoms with Crippen LogP contribution in [0.5, 0.6) is 0 Å². The second-order valence-corrected chi connectivity index (χ2v) is 17.1. The van der Waals surface area contributed by atoms with E-state index in [0.29, 0.717) is 17.2 Å². The van der Waals surface area contributed by atoms with Crippen LogP contribution in [0.2, 0.25) is 0 Å². The van der Waals surface area contributed by atoms with Gasteiger partial charge < -0.3 is 0 Å². The molecule has 3 aliphatic rings. The molecule has 0 bridgehead atoms. The van der Waals surface area contributed by atoms with E-state index in [0.717, 1.165) is 56.4 Å². The van der Waals surface area contributed by atoms with E-state index in [-0.39, 0.29) is 40.2 Å². The zero-order chi connectivity index (χ0) is 22.0. The first-order valence-corrected chi connectivity index (χ1v) is 19.3. The van der Waals surface area contributed by atoms with Crippen LogP contribution in [0.25, 0.3) is 5.57 Å². The predicted molar refractivity (Wildman–Crippen MR) is 127 cm³/mol. The van der Waals surface area contributed by atoms with Crippen molar-refractivity contribution >= 4 is 44.0 Å². The summed E-state index contributed by atoms with van der Waals surface area (Å²) in [6.07, 6.45) is 4.77. The van der Waals surface area contributed by atoms with Gasteiger partial charge in [0.1, 0.15) is 0 Å². The zero-order valence-electron chi connectivity index (χ0n) is 18.1. The van der Waals surface area contributed by atoms with Crippen molar-refractivity contribution in [2.24, 2.45) is 5.92 Å². The number of allylic oxidation sites excluding steroid dienone is 2. The molecule has 2 aliphatic heterocycles. The van der Waals surface area contributed by atoms with Crippen LogP contribution in [-0.4, -0.2) is 34.8 Å². The van der Waals surface area contributed by atoms with Gasteiger partial charge in [-0.2, -0.15) is 0 Å². The number of carbonyl (C=O) groups is 2. The molecule has 170 valence electrons. The van der Waals surface area contributed by atoms with Gasteiger partial charge in [0.25, 0.3) is 0 Å². The van der Waals surface area contributed by atoms with Crippen LogP contribution in [0, 0.1) is 5.92 Å². The van der Waals surface area contributed by atoms with Crippen molar-refractivity contribution < 1.29 is 36.6 Å². The average molecular weight is 651 g/mol. The first-order valence-electron chi connectivity index (χ1n) is 10.7. The molecule has 1 fully saturated rings. The van der Waals surface area contributed by atoms with Crippen molar-refractivity contribution in [2.75, 3.05) is 18.5 Å². The van der Waals surface area contributed by atoms with Gasteiger partial charge in [-0.05, 0) is 0 Å². The number of carbonyl (C=O) groups excluding carboxylic acids is 2. The summed E-state index contributed by atoms with van der Waals surface area (Å²) in [6, 6.07) is 3.83. The fourth-order valence-corrected chi connectivity index (χ4v) is 10.4. The number of hydrogen-bond acceptors (Lipinski definition) is 4. The number of aryl methyl sites for hydroxylation is 1. The number of hydrogen-bond donors (Lipinski definition) is 2. The molecular formula is C23H29I2N2O4-. The number of halogens is 2. The monoisotopic (exact) mass is 651 g/mol. The Bertz CT molecular complexity index is 944. The summed E-state index contributed by atoms with van der Waals surface area (Å²) in [5, 5.41) is 2.83. The number of nitrogens with one attached hydrogen (secondary N) is 2. The second kappa shape index (κ2) is 9.86. The van der Waals surface area contributed by atoms with Crippen LogP contribution < -0.4 is 26.4 Å². The van der Waals surface area contributed by atoms with E-state index in [1.165, 1.54) is 11.1 Å².